The maximum Gasteiger partial charge on any atom is 0.0115 e. The predicted octanol–water partition coefficient (Wildman–Crippen LogP) is 3.20. The van der Waals surface area contributed by atoms with Gasteiger partial charge in [-0.3, -0.25) is 0 Å². The van der Waals surface area contributed by atoms with Gasteiger partial charge in [-0.1, -0.05) is 26.5 Å². The molecule has 0 radical (unpaired) electrons. The van der Waals surface area contributed by atoms with E-state index in [1.54, 1.807) is 6.08 Å². The molecule has 0 heterocycles. The quantitative estimate of drug-likeness (QED) is 0.601. The van der Waals surface area contributed by atoms with Crippen LogP contribution in [0.3, 0.4) is 0 Å². The summed E-state index contributed by atoms with van der Waals surface area (Å²) in [4.78, 5) is 0. The Kier molecular flexibility index (Phi) is 13.4. The summed E-state index contributed by atoms with van der Waals surface area (Å²) in [7, 11) is 0. The molecule has 0 aromatic heterocycles. The molecule has 0 aromatic rings. The van der Waals surface area contributed by atoms with Crippen LogP contribution in [0.25, 0.3) is 0 Å². The van der Waals surface area contributed by atoms with Gasteiger partial charge in [0.1, 0.15) is 0 Å². The Morgan fingerprint density at radius 1 is 1.60 bits per heavy atom. The van der Waals surface area contributed by atoms with Crippen molar-refractivity contribution in [3.05, 3.63) is 24.4 Å². The van der Waals surface area contributed by atoms with Gasteiger partial charge in [0.25, 0.3) is 0 Å². The molecule has 0 atom stereocenters. The van der Waals surface area contributed by atoms with Crippen LogP contribution < -0.4 is 5.32 Å². The summed E-state index contributed by atoms with van der Waals surface area (Å²) in [5.41, 5.74) is 1.17. The van der Waals surface area contributed by atoms with Crippen LogP contribution in [0.1, 0.15) is 30.5 Å². The molecule has 0 unspecified atom stereocenters. The summed E-state index contributed by atoms with van der Waals surface area (Å²) in [6.07, 6.45) is 3.72. The lowest BCUT2D eigenvalue weighted by atomic mass is 10.4. The second kappa shape index (κ2) is 11.1. The molecule has 10 heavy (non-hydrogen) atoms. The first-order valence-electron chi connectivity index (χ1n) is 3.84. The summed E-state index contributed by atoms with van der Waals surface area (Å²) in [5, 5.41) is 3.14. The maximum absolute atomic E-state index is 3.57. The molecule has 64 valence electrons. The van der Waals surface area contributed by atoms with Gasteiger partial charge >= 0.3 is 0 Å². The Bertz CT molecular complexity index is 101. The lowest BCUT2D eigenvalue weighted by Crippen LogP contribution is -2.08. The maximum atomic E-state index is 3.57. The first kappa shape index (κ1) is 12.0. The first-order chi connectivity index (χ1) is 4.81. The normalized spacial score (nSPS) is 9.40. The Morgan fingerprint density at radius 2 is 2.10 bits per heavy atom. The molecule has 1 heteroatoms. The Morgan fingerprint density at radius 3 is 2.40 bits per heavy atom. The standard InChI is InChI=1S/C7H13N.C2H6.2H2/c1-4-6-7(3)8-5-2;1-2;;/h4,6,8H,1,5H2,2-3H3;1-2H3;2*1H/b7-6+;;;. The topological polar surface area (TPSA) is 12.0 Å². The second-order valence-corrected chi connectivity index (χ2v) is 1.62. The van der Waals surface area contributed by atoms with E-state index in [2.05, 4.69) is 18.8 Å². The molecular weight excluding hydrogens is 122 g/mol. The van der Waals surface area contributed by atoms with Crippen LogP contribution in [0.4, 0.5) is 0 Å². The molecule has 0 aliphatic heterocycles. The third-order valence-corrected chi connectivity index (χ3v) is 0.823. The number of nitrogens with one attached hydrogen (secondary N) is 1. The van der Waals surface area contributed by atoms with Crippen molar-refractivity contribution in [2.24, 2.45) is 0 Å². The molecule has 0 aliphatic carbocycles. The fraction of sp³-hybridized carbons (Fsp3) is 0.556. The zero-order valence-electron chi connectivity index (χ0n) is 7.57. The average Bonchev–Trinajstić information content (AvgIpc) is 1.93. The SMILES string of the molecule is C=C/C=C(\C)NCC.CC.[HH].[HH]. The van der Waals surface area contributed by atoms with E-state index in [-0.39, 0.29) is 2.85 Å². The number of allylic oxidation sites excluding steroid dienone is 3. The van der Waals surface area contributed by atoms with Gasteiger partial charge in [0, 0.05) is 15.1 Å². The zero-order chi connectivity index (χ0) is 8.41. The van der Waals surface area contributed by atoms with E-state index in [9.17, 15) is 0 Å². The van der Waals surface area contributed by atoms with Gasteiger partial charge in [0.05, 0.1) is 0 Å². The van der Waals surface area contributed by atoms with Crippen LogP contribution >= 0.6 is 0 Å². The summed E-state index contributed by atoms with van der Waals surface area (Å²) < 4.78 is 0. The number of hydrogen-bond donors (Lipinski definition) is 1. The van der Waals surface area contributed by atoms with Crippen LogP contribution in [0.15, 0.2) is 24.4 Å². The fourth-order valence-corrected chi connectivity index (χ4v) is 0.515. The smallest absolute Gasteiger partial charge is 0.0115 e. The largest absolute Gasteiger partial charge is 0.389 e. The van der Waals surface area contributed by atoms with Gasteiger partial charge in [-0.25, -0.2) is 0 Å². The minimum Gasteiger partial charge on any atom is -0.389 e. The highest BCUT2D eigenvalue weighted by atomic mass is 14.8. The van der Waals surface area contributed by atoms with Crippen molar-refractivity contribution in [3.63, 3.8) is 0 Å². The molecule has 0 saturated carbocycles. The molecule has 0 saturated heterocycles. The van der Waals surface area contributed by atoms with Crippen molar-refractivity contribution in [2.75, 3.05) is 6.54 Å². The van der Waals surface area contributed by atoms with E-state index in [0.29, 0.717) is 0 Å². The van der Waals surface area contributed by atoms with E-state index in [0.717, 1.165) is 6.54 Å². The molecule has 0 spiro atoms. The summed E-state index contributed by atoms with van der Waals surface area (Å²) in [6, 6.07) is 0. The molecular formula is C9H23N. The van der Waals surface area contributed by atoms with Crippen molar-refractivity contribution in [2.45, 2.75) is 27.7 Å². The van der Waals surface area contributed by atoms with Crippen LogP contribution in [0, 0.1) is 0 Å². The zero-order valence-corrected chi connectivity index (χ0v) is 7.57. The lowest BCUT2D eigenvalue weighted by molar-refractivity contribution is 0.855. The van der Waals surface area contributed by atoms with E-state index >= 15 is 0 Å². The average molecular weight is 145 g/mol. The van der Waals surface area contributed by atoms with Gasteiger partial charge in [-0.2, -0.15) is 0 Å². The molecule has 0 aliphatic rings. The highest BCUT2D eigenvalue weighted by Gasteiger charge is 1.76. The van der Waals surface area contributed by atoms with E-state index in [1.807, 2.05) is 26.8 Å². The number of rotatable bonds is 3. The van der Waals surface area contributed by atoms with Crippen LogP contribution in [-0.2, 0) is 0 Å². The summed E-state index contributed by atoms with van der Waals surface area (Å²) in [5.74, 6) is 0. The van der Waals surface area contributed by atoms with E-state index < -0.39 is 0 Å². The number of hydrogen-bond acceptors (Lipinski definition) is 1. The summed E-state index contributed by atoms with van der Waals surface area (Å²) >= 11 is 0. The molecule has 1 N–H and O–H groups in total. The lowest BCUT2D eigenvalue weighted by Gasteiger charge is -1.98. The van der Waals surface area contributed by atoms with Gasteiger partial charge < -0.3 is 5.32 Å². The molecule has 0 rings (SSSR count). The van der Waals surface area contributed by atoms with Crippen molar-refractivity contribution in [1.82, 2.24) is 5.32 Å². The minimum atomic E-state index is 0. The van der Waals surface area contributed by atoms with Gasteiger partial charge in [-0.15, -0.1) is 0 Å². The Hall–Kier alpha value is -0.720. The Balaban J connectivity index is -0.0000000740. The van der Waals surface area contributed by atoms with E-state index in [4.69, 9.17) is 0 Å². The van der Waals surface area contributed by atoms with Crippen molar-refractivity contribution in [1.29, 1.82) is 0 Å². The second-order valence-electron chi connectivity index (χ2n) is 1.62. The summed E-state index contributed by atoms with van der Waals surface area (Å²) in [6.45, 7) is 12.6. The van der Waals surface area contributed by atoms with Gasteiger partial charge in [0.15, 0.2) is 0 Å². The highest BCUT2D eigenvalue weighted by molar-refractivity contribution is 5.05. The van der Waals surface area contributed by atoms with Crippen molar-refractivity contribution >= 4 is 0 Å². The van der Waals surface area contributed by atoms with Crippen LogP contribution in [0.2, 0.25) is 0 Å². The van der Waals surface area contributed by atoms with Gasteiger partial charge in [0.2, 0.25) is 0 Å². The third kappa shape index (κ3) is 10.3. The van der Waals surface area contributed by atoms with Crippen LogP contribution in [0.5, 0.6) is 0 Å². The Labute approximate surface area is 67.8 Å². The first-order valence-corrected chi connectivity index (χ1v) is 3.84. The molecule has 0 amide bonds. The highest BCUT2D eigenvalue weighted by Crippen LogP contribution is 1.83. The van der Waals surface area contributed by atoms with E-state index in [1.165, 1.54) is 5.70 Å². The molecule has 1 nitrogen and oxygen atoms in total. The van der Waals surface area contributed by atoms with Crippen molar-refractivity contribution < 1.29 is 2.85 Å². The van der Waals surface area contributed by atoms with Crippen molar-refractivity contribution in [3.8, 4) is 0 Å². The predicted molar refractivity (Wildman–Crippen MR) is 53.2 cm³/mol. The third-order valence-electron chi connectivity index (χ3n) is 0.823. The van der Waals surface area contributed by atoms with Crippen LogP contribution in [-0.4, -0.2) is 6.54 Å². The van der Waals surface area contributed by atoms with Gasteiger partial charge in [-0.05, 0) is 19.9 Å². The fourth-order valence-electron chi connectivity index (χ4n) is 0.515. The molecule has 0 bridgehead atoms. The monoisotopic (exact) mass is 145 g/mol. The molecule has 0 aromatic carbocycles. The minimum absolute atomic E-state index is 0. The molecule has 0 fully saturated rings.